The third-order valence-corrected chi connectivity index (χ3v) is 2.73. The van der Waals surface area contributed by atoms with Crippen LogP contribution >= 0.6 is 0 Å². The number of nitrogens with zero attached hydrogens (tertiary/aromatic N) is 2. The van der Waals surface area contributed by atoms with Gasteiger partial charge in [-0.3, -0.25) is 5.10 Å². The molecule has 0 fully saturated rings. The third-order valence-electron chi connectivity index (χ3n) is 2.73. The van der Waals surface area contributed by atoms with E-state index in [9.17, 15) is 0 Å². The Morgan fingerprint density at radius 2 is 2.06 bits per heavy atom. The van der Waals surface area contributed by atoms with Gasteiger partial charge in [0.1, 0.15) is 0 Å². The molecule has 2 aromatic heterocycles. The topological polar surface area (TPSA) is 50.8 Å². The van der Waals surface area contributed by atoms with E-state index in [1.54, 1.807) is 19.5 Å². The second-order valence-corrected chi connectivity index (χ2v) is 3.73. The fourth-order valence-corrected chi connectivity index (χ4v) is 1.89. The molecule has 0 amide bonds. The monoisotopic (exact) mass is 225 g/mol. The van der Waals surface area contributed by atoms with Gasteiger partial charge < -0.3 is 4.74 Å². The number of nitrogens with one attached hydrogen (secondary N) is 1. The molecule has 0 aliphatic rings. The number of aromatic amines is 1. The van der Waals surface area contributed by atoms with Crippen LogP contribution in [-0.2, 0) is 0 Å². The molecule has 0 atom stereocenters. The molecule has 2 heterocycles. The maximum Gasteiger partial charge on any atom is 0.221 e. The number of hydrogen-bond acceptors (Lipinski definition) is 3. The van der Waals surface area contributed by atoms with Crippen molar-refractivity contribution in [1.82, 2.24) is 15.2 Å². The Morgan fingerprint density at radius 3 is 2.82 bits per heavy atom. The van der Waals surface area contributed by atoms with Crippen molar-refractivity contribution in [1.29, 1.82) is 0 Å². The van der Waals surface area contributed by atoms with Gasteiger partial charge in [-0.05, 0) is 23.6 Å². The van der Waals surface area contributed by atoms with Gasteiger partial charge in [0.05, 0.1) is 12.8 Å². The van der Waals surface area contributed by atoms with E-state index in [0.717, 1.165) is 22.0 Å². The van der Waals surface area contributed by atoms with Crippen LogP contribution in [0.25, 0.3) is 22.0 Å². The highest BCUT2D eigenvalue weighted by atomic mass is 16.5. The molecule has 4 nitrogen and oxygen atoms in total. The lowest BCUT2D eigenvalue weighted by atomic mass is 10.1. The summed E-state index contributed by atoms with van der Waals surface area (Å²) < 4.78 is 5.26. The predicted molar refractivity (Wildman–Crippen MR) is 65.9 cm³/mol. The normalized spacial score (nSPS) is 10.6. The fraction of sp³-hybridized carbons (Fsp3) is 0.0769. The Labute approximate surface area is 98.3 Å². The largest absolute Gasteiger partial charge is 0.481 e. The second kappa shape index (κ2) is 3.90. The van der Waals surface area contributed by atoms with E-state index in [2.05, 4.69) is 33.4 Å². The number of ether oxygens (including phenoxy) is 1. The predicted octanol–water partition coefficient (Wildman–Crippen LogP) is 2.63. The fourth-order valence-electron chi connectivity index (χ4n) is 1.89. The first-order chi connectivity index (χ1) is 8.38. The van der Waals surface area contributed by atoms with Gasteiger partial charge in [0.25, 0.3) is 0 Å². The van der Waals surface area contributed by atoms with Crippen molar-refractivity contribution in [2.75, 3.05) is 7.11 Å². The summed E-state index contributed by atoms with van der Waals surface area (Å²) in [5.74, 6) is 0.642. The van der Waals surface area contributed by atoms with Crippen LogP contribution in [0.3, 0.4) is 0 Å². The van der Waals surface area contributed by atoms with E-state index in [-0.39, 0.29) is 0 Å². The molecule has 0 radical (unpaired) electrons. The first-order valence-electron chi connectivity index (χ1n) is 5.31. The van der Waals surface area contributed by atoms with Crippen LogP contribution in [-0.4, -0.2) is 22.3 Å². The van der Waals surface area contributed by atoms with Gasteiger partial charge >= 0.3 is 0 Å². The molecule has 0 saturated carbocycles. The first-order valence-corrected chi connectivity index (χ1v) is 5.31. The lowest BCUT2D eigenvalue weighted by molar-refractivity contribution is 0.403. The SMILES string of the molecule is COc1nccc2ccc(-c3ccn[nH]3)cc12. The van der Waals surface area contributed by atoms with Crippen LogP contribution < -0.4 is 4.74 Å². The second-order valence-electron chi connectivity index (χ2n) is 3.73. The van der Waals surface area contributed by atoms with E-state index in [1.165, 1.54) is 0 Å². The number of pyridine rings is 1. The Morgan fingerprint density at radius 1 is 1.12 bits per heavy atom. The molecule has 1 N–H and O–H groups in total. The average Bonchev–Trinajstić information content (AvgIpc) is 2.91. The average molecular weight is 225 g/mol. The summed E-state index contributed by atoms with van der Waals surface area (Å²) in [6.45, 7) is 0. The van der Waals surface area contributed by atoms with Crippen molar-refractivity contribution in [2.24, 2.45) is 0 Å². The van der Waals surface area contributed by atoms with E-state index < -0.39 is 0 Å². The van der Waals surface area contributed by atoms with Gasteiger partial charge in [-0.2, -0.15) is 5.10 Å². The number of methoxy groups -OCH3 is 1. The van der Waals surface area contributed by atoms with Gasteiger partial charge in [0, 0.05) is 23.3 Å². The van der Waals surface area contributed by atoms with E-state index in [1.807, 2.05) is 12.1 Å². The standard InChI is InChI=1S/C13H11N3O/c1-17-13-11-8-10(12-5-7-15-16-12)3-2-9(11)4-6-14-13/h2-8H,1H3,(H,15,16). The number of benzene rings is 1. The molecule has 0 unspecified atom stereocenters. The van der Waals surface area contributed by atoms with Crippen LogP contribution in [0.5, 0.6) is 5.88 Å². The zero-order valence-corrected chi connectivity index (χ0v) is 9.34. The summed E-state index contributed by atoms with van der Waals surface area (Å²) >= 11 is 0. The highest BCUT2D eigenvalue weighted by Crippen LogP contribution is 2.27. The molecule has 4 heteroatoms. The van der Waals surface area contributed by atoms with Crippen molar-refractivity contribution >= 4 is 10.8 Å². The molecule has 3 rings (SSSR count). The Bertz CT molecular complexity index is 647. The first kappa shape index (κ1) is 9.84. The molecule has 0 aliphatic heterocycles. The molecular formula is C13H11N3O. The molecular weight excluding hydrogens is 214 g/mol. The maximum absolute atomic E-state index is 5.26. The smallest absolute Gasteiger partial charge is 0.221 e. The van der Waals surface area contributed by atoms with E-state index >= 15 is 0 Å². The molecule has 1 aromatic carbocycles. The van der Waals surface area contributed by atoms with Crippen LogP contribution in [0.2, 0.25) is 0 Å². The molecule has 3 aromatic rings. The molecule has 0 spiro atoms. The van der Waals surface area contributed by atoms with Gasteiger partial charge in [-0.15, -0.1) is 0 Å². The summed E-state index contributed by atoms with van der Waals surface area (Å²) in [6, 6.07) is 10.1. The minimum absolute atomic E-state index is 0.642. The lowest BCUT2D eigenvalue weighted by Crippen LogP contribution is -1.89. The number of fused-ring (bicyclic) bond motifs is 1. The zero-order chi connectivity index (χ0) is 11.7. The van der Waals surface area contributed by atoms with Crippen LogP contribution in [0.1, 0.15) is 0 Å². The quantitative estimate of drug-likeness (QED) is 0.729. The molecule has 17 heavy (non-hydrogen) atoms. The number of hydrogen-bond donors (Lipinski definition) is 1. The highest BCUT2D eigenvalue weighted by Gasteiger charge is 2.05. The lowest BCUT2D eigenvalue weighted by Gasteiger charge is -2.05. The number of rotatable bonds is 2. The summed E-state index contributed by atoms with van der Waals surface area (Å²) in [5.41, 5.74) is 2.05. The molecule has 0 saturated heterocycles. The highest BCUT2D eigenvalue weighted by molar-refractivity contribution is 5.90. The number of aromatic nitrogens is 3. The summed E-state index contributed by atoms with van der Waals surface area (Å²) in [7, 11) is 1.63. The van der Waals surface area contributed by atoms with Gasteiger partial charge in [0.2, 0.25) is 5.88 Å². The van der Waals surface area contributed by atoms with Gasteiger partial charge in [0.15, 0.2) is 0 Å². The summed E-state index contributed by atoms with van der Waals surface area (Å²) in [4.78, 5) is 4.20. The molecule has 0 bridgehead atoms. The van der Waals surface area contributed by atoms with Crippen LogP contribution in [0.15, 0.2) is 42.7 Å². The van der Waals surface area contributed by atoms with Gasteiger partial charge in [-0.25, -0.2) is 4.98 Å². The Balaban J connectivity index is 2.24. The van der Waals surface area contributed by atoms with E-state index in [4.69, 9.17) is 4.74 Å². The zero-order valence-electron chi connectivity index (χ0n) is 9.34. The Hall–Kier alpha value is -2.36. The third kappa shape index (κ3) is 1.63. The minimum atomic E-state index is 0.642. The van der Waals surface area contributed by atoms with Crippen LogP contribution in [0.4, 0.5) is 0 Å². The molecule has 0 aliphatic carbocycles. The van der Waals surface area contributed by atoms with E-state index in [0.29, 0.717) is 5.88 Å². The minimum Gasteiger partial charge on any atom is -0.481 e. The van der Waals surface area contributed by atoms with Crippen molar-refractivity contribution in [3.8, 4) is 17.1 Å². The Kier molecular flexibility index (Phi) is 2.26. The summed E-state index contributed by atoms with van der Waals surface area (Å²) in [6.07, 6.45) is 3.48. The van der Waals surface area contributed by atoms with Gasteiger partial charge in [-0.1, -0.05) is 12.1 Å². The van der Waals surface area contributed by atoms with Crippen molar-refractivity contribution < 1.29 is 4.74 Å². The molecule has 84 valence electrons. The van der Waals surface area contributed by atoms with Crippen molar-refractivity contribution in [2.45, 2.75) is 0 Å². The number of H-pyrrole nitrogens is 1. The van der Waals surface area contributed by atoms with Crippen molar-refractivity contribution in [3.63, 3.8) is 0 Å². The maximum atomic E-state index is 5.26. The summed E-state index contributed by atoms with van der Waals surface area (Å²) in [5, 5.41) is 9.01. The van der Waals surface area contributed by atoms with Crippen molar-refractivity contribution in [3.05, 3.63) is 42.7 Å². The van der Waals surface area contributed by atoms with Crippen LogP contribution in [0, 0.1) is 0 Å².